The highest BCUT2D eigenvalue weighted by atomic mass is 16.5. The molecule has 0 aliphatic carbocycles. The van der Waals surface area contributed by atoms with Crippen molar-refractivity contribution in [2.45, 2.75) is 0 Å². The standard InChI is InChI=1S/C5H8N4O/c1-10-3-4(6)8-2-9-5(3)7/h2H,1H3,(H4,6,7,8,9). The van der Waals surface area contributed by atoms with Crippen molar-refractivity contribution in [1.82, 2.24) is 9.97 Å². The van der Waals surface area contributed by atoms with Gasteiger partial charge in [-0.3, -0.25) is 0 Å². The summed E-state index contributed by atoms with van der Waals surface area (Å²) in [6.07, 6.45) is 1.28. The molecule has 0 aliphatic rings. The molecule has 5 heteroatoms. The number of methoxy groups -OCH3 is 1. The van der Waals surface area contributed by atoms with E-state index in [0.29, 0.717) is 5.75 Å². The maximum absolute atomic E-state index is 5.38. The number of anilines is 2. The number of nitrogen functional groups attached to an aromatic ring is 2. The Bertz CT molecular complexity index is 217. The highest BCUT2D eigenvalue weighted by Gasteiger charge is 2.03. The highest BCUT2D eigenvalue weighted by Crippen LogP contribution is 2.22. The van der Waals surface area contributed by atoms with Crippen LogP contribution in [0.2, 0.25) is 0 Å². The van der Waals surface area contributed by atoms with E-state index in [0.717, 1.165) is 0 Å². The van der Waals surface area contributed by atoms with Gasteiger partial charge in [0.2, 0.25) is 5.75 Å². The van der Waals surface area contributed by atoms with E-state index in [9.17, 15) is 0 Å². The molecule has 0 aliphatic heterocycles. The van der Waals surface area contributed by atoms with Gasteiger partial charge < -0.3 is 16.2 Å². The zero-order valence-corrected chi connectivity index (χ0v) is 5.53. The largest absolute Gasteiger partial charge is 0.490 e. The van der Waals surface area contributed by atoms with Crippen molar-refractivity contribution >= 4 is 11.6 Å². The molecular formula is C5H8N4O. The molecule has 0 amide bonds. The molecule has 0 spiro atoms. The Labute approximate surface area is 58.0 Å². The van der Waals surface area contributed by atoms with E-state index in [-0.39, 0.29) is 11.6 Å². The van der Waals surface area contributed by atoms with Gasteiger partial charge >= 0.3 is 0 Å². The van der Waals surface area contributed by atoms with Crippen molar-refractivity contribution in [1.29, 1.82) is 0 Å². The van der Waals surface area contributed by atoms with E-state index in [1.54, 1.807) is 0 Å². The molecule has 10 heavy (non-hydrogen) atoms. The molecule has 0 saturated carbocycles. The number of nitrogens with zero attached hydrogens (tertiary/aromatic N) is 2. The fourth-order valence-electron chi connectivity index (χ4n) is 0.611. The maximum atomic E-state index is 5.38. The minimum absolute atomic E-state index is 0.259. The van der Waals surface area contributed by atoms with Crippen molar-refractivity contribution in [3.8, 4) is 5.75 Å². The first-order chi connectivity index (χ1) is 4.75. The molecule has 1 aromatic heterocycles. The van der Waals surface area contributed by atoms with Gasteiger partial charge in [0.25, 0.3) is 0 Å². The lowest BCUT2D eigenvalue weighted by atomic mass is 10.5. The van der Waals surface area contributed by atoms with Crippen LogP contribution in [0, 0.1) is 0 Å². The second-order valence-corrected chi connectivity index (χ2v) is 1.68. The number of hydrogen-bond donors (Lipinski definition) is 2. The van der Waals surface area contributed by atoms with Gasteiger partial charge in [0.1, 0.15) is 6.33 Å². The lowest BCUT2D eigenvalue weighted by molar-refractivity contribution is 0.416. The van der Waals surface area contributed by atoms with Crippen molar-refractivity contribution < 1.29 is 4.74 Å². The quantitative estimate of drug-likeness (QED) is 0.556. The predicted molar refractivity (Wildman–Crippen MR) is 37.4 cm³/mol. The molecule has 0 bridgehead atoms. The lowest BCUT2D eigenvalue weighted by Gasteiger charge is -2.03. The smallest absolute Gasteiger partial charge is 0.203 e. The third-order valence-corrected chi connectivity index (χ3v) is 1.06. The average molecular weight is 140 g/mol. The maximum Gasteiger partial charge on any atom is 0.203 e. The summed E-state index contributed by atoms with van der Waals surface area (Å²) in [6.45, 7) is 0. The summed E-state index contributed by atoms with van der Waals surface area (Å²) in [5, 5.41) is 0. The Morgan fingerprint density at radius 1 is 1.30 bits per heavy atom. The summed E-state index contributed by atoms with van der Waals surface area (Å²) >= 11 is 0. The molecule has 1 heterocycles. The van der Waals surface area contributed by atoms with Gasteiger partial charge in [-0.15, -0.1) is 0 Å². The van der Waals surface area contributed by atoms with Crippen LogP contribution in [0.25, 0.3) is 0 Å². The Hall–Kier alpha value is -1.52. The van der Waals surface area contributed by atoms with Crippen molar-refractivity contribution in [2.24, 2.45) is 0 Å². The van der Waals surface area contributed by atoms with Crippen LogP contribution in [0.15, 0.2) is 6.33 Å². The summed E-state index contributed by atoms with van der Waals surface area (Å²) in [5.74, 6) is 0.854. The first-order valence-corrected chi connectivity index (χ1v) is 2.65. The van der Waals surface area contributed by atoms with E-state index < -0.39 is 0 Å². The molecule has 1 aromatic rings. The highest BCUT2D eigenvalue weighted by molar-refractivity contribution is 5.58. The van der Waals surface area contributed by atoms with Crippen molar-refractivity contribution in [3.05, 3.63) is 6.33 Å². The molecule has 0 radical (unpaired) electrons. The molecule has 4 N–H and O–H groups in total. The third kappa shape index (κ3) is 0.928. The summed E-state index contributed by atoms with van der Waals surface area (Å²) in [5.41, 5.74) is 10.8. The van der Waals surface area contributed by atoms with Crippen molar-refractivity contribution in [2.75, 3.05) is 18.6 Å². The first-order valence-electron chi connectivity index (χ1n) is 2.65. The van der Waals surface area contributed by atoms with Crippen LogP contribution in [0.5, 0.6) is 5.75 Å². The first kappa shape index (κ1) is 6.60. The average Bonchev–Trinajstić information content (AvgIpc) is 1.88. The van der Waals surface area contributed by atoms with Gasteiger partial charge in [-0.2, -0.15) is 0 Å². The van der Waals surface area contributed by atoms with E-state index in [4.69, 9.17) is 16.2 Å². The zero-order valence-electron chi connectivity index (χ0n) is 5.53. The van der Waals surface area contributed by atoms with Gasteiger partial charge in [0.05, 0.1) is 7.11 Å². The van der Waals surface area contributed by atoms with Crippen LogP contribution in [0.1, 0.15) is 0 Å². The van der Waals surface area contributed by atoms with Gasteiger partial charge in [-0.1, -0.05) is 0 Å². The van der Waals surface area contributed by atoms with E-state index in [1.165, 1.54) is 13.4 Å². The molecule has 54 valence electrons. The monoisotopic (exact) mass is 140 g/mol. The summed E-state index contributed by atoms with van der Waals surface area (Å²) in [7, 11) is 1.46. The molecule has 0 fully saturated rings. The Balaban J connectivity index is 3.17. The zero-order chi connectivity index (χ0) is 7.56. The van der Waals surface area contributed by atoms with Crippen molar-refractivity contribution in [3.63, 3.8) is 0 Å². The van der Waals surface area contributed by atoms with E-state index in [1.807, 2.05) is 0 Å². The van der Waals surface area contributed by atoms with Crippen LogP contribution in [-0.4, -0.2) is 17.1 Å². The normalized spacial score (nSPS) is 9.30. The van der Waals surface area contributed by atoms with Crippen LogP contribution in [0.3, 0.4) is 0 Å². The molecule has 0 saturated heterocycles. The molecule has 5 nitrogen and oxygen atoms in total. The third-order valence-electron chi connectivity index (χ3n) is 1.06. The number of nitrogens with two attached hydrogens (primary N) is 2. The van der Waals surface area contributed by atoms with Gasteiger partial charge in [-0.25, -0.2) is 9.97 Å². The van der Waals surface area contributed by atoms with Crippen LogP contribution >= 0.6 is 0 Å². The summed E-state index contributed by atoms with van der Waals surface area (Å²) < 4.78 is 4.80. The number of aromatic nitrogens is 2. The van der Waals surface area contributed by atoms with Gasteiger partial charge in [0, 0.05) is 0 Å². The van der Waals surface area contributed by atoms with Crippen LogP contribution < -0.4 is 16.2 Å². The fraction of sp³-hybridized carbons (Fsp3) is 0.200. The molecule has 0 aromatic carbocycles. The van der Waals surface area contributed by atoms with E-state index in [2.05, 4.69) is 9.97 Å². The van der Waals surface area contributed by atoms with Gasteiger partial charge in [0.15, 0.2) is 11.6 Å². The molecule has 0 atom stereocenters. The Morgan fingerprint density at radius 3 is 2.10 bits per heavy atom. The fourth-order valence-corrected chi connectivity index (χ4v) is 0.611. The predicted octanol–water partition coefficient (Wildman–Crippen LogP) is -0.350. The molecule has 1 rings (SSSR count). The number of ether oxygens (including phenoxy) is 1. The topological polar surface area (TPSA) is 87.0 Å². The minimum atomic E-state index is 0.259. The number of rotatable bonds is 1. The SMILES string of the molecule is COc1c(N)ncnc1N. The van der Waals surface area contributed by atoms with E-state index >= 15 is 0 Å². The second kappa shape index (κ2) is 2.38. The molecular weight excluding hydrogens is 132 g/mol. The summed E-state index contributed by atoms with van der Waals surface area (Å²) in [4.78, 5) is 7.34. The Morgan fingerprint density at radius 2 is 1.80 bits per heavy atom. The second-order valence-electron chi connectivity index (χ2n) is 1.68. The number of hydrogen-bond acceptors (Lipinski definition) is 5. The Kier molecular flexibility index (Phi) is 1.57. The molecule has 0 unspecified atom stereocenters. The van der Waals surface area contributed by atoms with Crippen LogP contribution in [0.4, 0.5) is 11.6 Å². The van der Waals surface area contributed by atoms with Crippen LogP contribution in [-0.2, 0) is 0 Å². The lowest BCUT2D eigenvalue weighted by Crippen LogP contribution is -2.01. The summed E-state index contributed by atoms with van der Waals surface area (Å²) in [6, 6.07) is 0. The minimum Gasteiger partial charge on any atom is -0.490 e. The van der Waals surface area contributed by atoms with Gasteiger partial charge in [-0.05, 0) is 0 Å².